The molecule has 4 nitrogen and oxygen atoms in total. The van der Waals surface area contributed by atoms with Gasteiger partial charge in [0, 0.05) is 51.5 Å². The lowest BCUT2D eigenvalue weighted by Gasteiger charge is -2.31. The summed E-state index contributed by atoms with van der Waals surface area (Å²) in [5.41, 5.74) is 3.52. The molecule has 1 aromatic carbocycles. The molecule has 0 radical (unpaired) electrons. The molecule has 21 heavy (non-hydrogen) atoms. The molecular weight excluding hydrogens is 269 g/mol. The van der Waals surface area contributed by atoms with Crippen molar-refractivity contribution in [2.75, 3.05) is 20.3 Å². The Morgan fingerprint density at radius 3 is 2.81 bits per heavy atom. The number of hydrogen-bond donors (Lipinski definition) is 0. The second-order valence-corrected chi connectivity index (χ2v) is 5.65. The molecule has 0 spiro atoms. The molecular formula is C16H20FN3O. The van der Waals surface area contributed by atoms with Crippen LogP contribution in [0.5, 0.6) is 0 Å². The first-order valence-corrected chi connectivity index (χ1v) is 7.14. The van der Waals surface area contributed by atoms with Gasteiger partial charge in [0.05, 0.1) is 12.3 Å². The maximum absolute atomic E-state index is 13.0. The van der Waals surface area contributed by atoms with E-state index in [9.17, 15) is 4.39 Å². The number of aryl methyl sites for hydroxylation is 1. The summed E-state index contributed by atoms with van der Waals surface area (Å²) < 4.78 is 20.2. The minimum Gasteiger partial charge on any atom is -0.384 e. The second-order valence-electron chi connectivity index (χ2n) is 5.65. The van der Waals surface area contributed by atoms with Crippen molar-refractivity contribution in [3.63, 3.8) is 0 Å². The molecule has 0 amide bonds. The van der Waals surface area contributed by atoms with Crippen LogP contribution in [-0.2, 0) is 24.9 Å². The molecule has 0 bridgehead atoms. The largest absolute Gasteiger partial charge is 0.384 e. The van der Waals surface area contributed by atoms with Gasteiger partial charge in [-0.25, -0.2) is 4.39 Å². The number of nitrogens with zero attached hydrogens (tertiary/aromatic N) is 3. The van der Waals surface area contributed by atoms with Crippen LogP contribution in [0.3, 0.4) is 0 Å². The highest BCUT2D eigenvalue weighted by Gasteiger charge is 2.27. The highest BCUT2D eigenvalue weighted by Crippen LogP contribution is 2.28. The van der Waals surface area contributed by atoms with Gasteiger partial charge in [-0.2, -0.15) is 5.10 Å². The van der Waals surface area contributed by atoms with Crippen LogP contribution in [0.2, 0.25) is 0 Å². The van der Waals surface area contributed by atoms with Crippen LogP contribution in [0.15, 0.2) is 30.5 Å². The van der Waals surface area contributed by atoms with Gasteiger partial charge in [-0.05, 0) is 17.7 Å². The van der Waals surface area contributed by atoms with Crippen molar-refractivity contribution >= 4 is 0 Å². The van der Waals surface area contributed by atoms with Gasteiger partial charge in [-0.1, -0.05) is 12.1 Å². The average Bonchev–Trinajstić information content (AvgIpc) is 2.82. The van der Waals surface area contributed by atoms with Gasteiger partial charge in [0.25, 0.3) is 0 Å². The van der Waals surface area contributed by atoms with Crippen LogP contribution in [0.4, 0.5) is 4.39 Å². The minimum absolute atomic E-state index is 0.193. The first-order chi connectivity index (χ1) is 10.2. The molecule has 1 aliphatic rings. The molecule has 1 atom stereocenters. The summed E-state index contributed by atoms with van der Waals surface area (Å²) in [6.45, 7) is 3.26. The Morgan fingerprint density at radius 1 is 1.33 bits per heavy atom. The Morgan fingerprint density at radius 2 is 2.10 bits per heavy atom. The number of aromatic nitrogens is 2. The van der Waals surface area contributed by atoms with Gasteiger partial charge in [0.2, 0.25) is 0 Å². The summed E-state index contributed by atoms with van der Waals surface area (Å²) in [7, 11) is 3.68. The van der Waals surface area contributed by atoms with E-state index in [0.717, 1.165) is 30.9 Å². The second kappa shape index (κ2) is 5.95. The molecule has 5 heteroatoms. The molecule has 0 N–H and O–H groups in total. The molecule has 0 saturated carbocycles. The number of hydrogen-bond acceptors (Lipinski definition) is 3. The quantitative estimate of drug-likeness (QED) is 0.865. The summed E-state index contributed by atoms with van der Waals surface area (Å²) in [6, 6.07) is 6.71. The van der Waals surface area contributed by atoms with E-state index >= 15 is 0 Å². The smallest absolute Gasteiger partial charge is 0.123 e. The fourth-order valence-corrected chi connectivity index (χ4v) is 3.02. The third kappa shape index (κ3) is 3.14. The lowest BCUT2D eigenvalue weighted by atomic mass is 9.95. The highest BCUT2D eigenvalue weighted by molar-refractivity contribution is 5.26. The Balaban J connectivity index is 1.77. The van der Waals surface area contributed by atoms with Gasteiger partial charge in [-0.3, -0.25) is 9.58 Å². The van der Waals surface area contributed by atoms with Crippen molar-refractivity contribution in [1.82, 2.24) is 14.7 Å². The van der Waals surface area contributed by atoms with Crippen molar-refractivity contribution in [3.05, 3.63) is 53.1 Å². The minimum atomic E-state index is -0.193. The zero-order chi connectivity index (χ0) is 14.8. The van der Waals surface area contributed by atoms with E-state index in [2.05, 4.69) is 16.2 Å². The Kier molecular flexibility index (Phi) is 4.03. The van der Waals surface area contributed by atoms with Crippen LogP contribution in [0.1, 0.15) is 22.7 Å². The van der Waals surface area contributed by atoms with Crippen LogP contribution >= 0.6 is 0 Å². The first-order valence-electron chi connectivity index (χ1n) is 7.14. The third-order valence-corrected chi connectivity index (χ3v) is 3.92. The van der Waals surface area contributed by atoms with Gasteiger partial charge < -0.3 is 4.74 Å². The van der Waals surface area contributed by atoms with E-state index < -0.39 is 0 Å². The van der Waals surface area contributed by atoms with Gasteiger partial charge in [0.1, 0.15) is 5.82 Å². The number of halogens is 1. The number of rotatable bonds is 4. The Hall–Kier alpha value is -1.72. The van der Waals surface area contributed by atoms with E-state index in [1.807, 2.05) is 23.9 Å². The lowest BCUT2D eigenvalue weighted by Crippen LogP contribution is -2.34. The van der Waals surface area contributed by atoms with E-state index in [1.54, 1.807) is 7.11 Å². The van der Waals surface area contributed by atoms with E-state index in [-0.39, 0.29) is 5.82 Å². The Labute approximate surface area is 124 Å². The Bertz CT molecular complexity index is 608. The number of ether oxygens (including phenoxy) is 1. The monoisotopic (exact) mass is 289 g/mol. The third-order valence-electron chi connectivity index (χ3n) is 3.92. The van der Waals surface area contributed by atoms with Crippen molar-refractivity contribution in [2.45, 2.75) is 19.0 Å². The maximum atomic E-state index is 13.0. The highest BCUT2D eigenvalue weighted by atomic mass is 19.1. The summed E-state index contributed by atoms with van der Waals surface area (Å²) >= 11 is 0. The first kappa shape index (κ1) is 14.2. The summed E-state index contributed by atoms with van der Waals surface area (Å²) in [5.74, 6) is 0.148. The fourth-order valence-electron chi connectivity index (χ4n) is 3.02. The van der Waals surface area contributed by atoms with Crippen LogP contribution < -0.4 is 0 Å². The standard InChI is InChI=1S/C16H20FN3O/c1-19-9-15-13(11-21-2)8-20(10-16(15)18-19)7-12-3-5-14(17)6-4-12/h3-6,9,13H,7-8,10-11H2,1-2H3/t13-/m1/s1. The van der Waals surface area contributed by atoms with E-state index in [1.165, 1.54) is 17.7 Å². The SMILES string of the molecule is COC[C@H]1CN(Cc2ccc(F)cc2)Cc2nn(C)cc21. The van der Waals surface area contributed by atoms with Crippen molar-refractivity contribution in [3.8, 4) is 0 Å². The maximum Gasteiger partial charge on any atom is 0.123 e. The van der Waals surface area contributed by atoms with Gasteiger partial charge >= 0.3 is 0 Å². The topological polar surface area (TPSA) is 30.3 Å². The lowest BCUT2D eigenvalue weighted by molar-refractivity contribution is 0.135. The van der Waals surface area contributed by atoms with Gasteiger partial charge in [-0.15, -0.1) is 0 Å². The predicted molar refractivity (Wildman–Crippen MR) is 78.3 cm³/mol. The zero-order valence-corrected chi connectivity index (χ0v) is 12.4. The fraction of sp³-hybridized carbons (Fsp3) is 0.438. The van der Waals surface area contributed by atoms with E-state index in [4.69, 9.17) is 4.74 Å². The van der Waals surface area contributed by atoms with Gasteiger partial charge in [0.15, 0.2) is 0 Å². The zero-order valence-electron chi connectivity index (χ0n) is 12.4. The van der Waals surface area contributed by atoms with E-state index in [0.29, 0.717) is 12.5 Å². The molecule has 0 saturated heterocycles. The average molecular weight is 289 g/mol. The molecule has 1 aliphatic heterocycles. The molecule has 1 aromatic heterocycles. The molecule has 2 heterocycles. The normalized spacial score (nSPS) is 18.7. The molecule has 3 rings (SSSR count). The van der Waals surface area contributed by atoms with Crippen LogP contribution in [0.25, 0.3) is 0 Å². The molecule has 0 aliphatic carbocycles. The van der Waals surface area contributed by atoms with Crippen LogP contribution in [-0.4, -0.2) is 34.9 Å². The number of benzene rings is 1. The molecule has 112 valence electrons. The molecule has 0 unspecified atom stereocenters. The number of methoxy groups -OCH3 is 1. The molecule has 2 aromatic rings. The summed E-state index contributed by atoms with van der Waals surface area (Å²) in [4.78, 5) is 2.34. The molecule has 0 fully saturated rings. The predicted octanol–water partition coefficient (Wildman–Crippen LogP) is 2.31. The van der Waals surface area contributed by atoms with Crippen molar-refractivity contribution < 1.29 is 9.13 Å². The van der Waals surface area contributed by atoms with Crippen LogP contribution in [0, 0.1) is 5.82 Å². The van der Waals surface area contributed by atoms with Crippen molar-refractivity contribution in [2.24, 2.45) is 7.05 Å². The van der Waals surface area contributed by atoms with Crippen molar-refractivity contribution in [1.29, 1.82) is 0 Å². The summed E-state index contributed by atoms with van der Waals surface area (Å²) in [5, 5.41) is 4.55. The number of fused-ring (bicyclic) bond motifs is 1. The summed E-state index contributed by atoms with van der Waals surface area (Å²) in [6.07, 6.45) is 2.09.